The molecule has 1 fully saturated rings. The number of nitrogens with zero attached hydrogens (tertiary/aromatic N) is 2. The molecular weight excluding hydrogens is 420 g/mol. The average Bonchev–Trinajstić information content (AvgIpc) is 3.35. The molecule has 1 aliphatic heterocycles. The standard InChI is InChI=1S/C21H24N4O3S2/c1-13-19(30-21(22-13)25-18(26)11-14-7-5-6-10-28-14)16-12-29-20(24-16)23-15-8-3-4-9-17(15)27-2/h3-4,8-9,12,14H,5-7,10-11H2,1-2H3,(H,23,24)(H,22,25,26)/t14-/m1/s1. The molecule has 1 atom stereocenters. The summed E-state index contributed by atoms with van der Waals surface area (Å²) in [4.78, 5) is 22.5. The number of hydrogen-bond acceptors (Lipinski definition) is 8. The molecule has 0 aliphatic carbocycles. The second-order valence-electron chi connectivity index (χ2n) is 7.04. The Bertz CT molecular complexity index is 1010. The number of benzene rings is 1. The van der Waals surface area contributed by atoms with Gasteiger partial charge in [-0.25, -0.2) is 9.97 Å². The van der Waals surface area contributed by atoms with Crippen LogP contribution in [-0.4, -0.2) is 35.7 Å². The molecule has 1 aliphatic rings. The summed E-state index contributed by atoms with van der Waals surface area (Å²) in [6.07, 6.45) is 3.53. The lowest BCUT2D eigenvalue weighted by molar-refractivity contribution is -0.119. The number of methoxy groups -OCH3 is 1. The Labute approximate surface area is 183 Å². The van der Waals surface area contributed by atoms with Crippen LogP contribution in [0.2, 0.25) is 0 Å². The van der Waals surface area contributed by atoms with Gasteiger partial charge in [0.2, 0.25) is 5.91 Å². The molecule has 1 amide bonds. The van der Waals surface area contributed by atoms with Gasteiger partial charge in [-0.3, -0.25) is 4.79 Å². The van der Waals surface area contributed by atoms with Crippen molar-refractivity contribution >= 4 is 44.5 Å². The quantitative estimate of drug-likeness (QED) is 0.519. The smallest absolute Gasteiger partial charge is 0.228 e. The number of carbonyl (C=O) groups is 1. The molecule has 30 heavy (non-hydrogen) atoms. The maximum absolute atomic E-state index is 12.3. The Morgan fingerprint density at radius 1 is 1.27 bits per heavy atom. The lowest BCUT2D eigenvalue weighted by atomic mass is 10.1. The first-order valence-electron chi connectivity index (χ1n) is 9.87. The zero-order valence-electron chi connectivity index (χ0n) is 16.9. The second kappa shape index (κ2) is 9.55. The van der Waals surface area contributed by atoms with Crippen LogP contribution in [0.5, 0.6) is 5.75 Å². The molecule has 9 heteroatoms. The van der Waals surface area contributed by atoms with Crippen molar-refractivity contribution in [1.82, 2.24) is 9.97 Å². The molecule has 0 radical (unpaired) electrons. The Balaban J connectivity index is 1.42. The molecule has 2 aromatic heterocycles. The molecule has 0 saturated carbocycles. The predicted octanol–water partition coefficient (Wildman–Crippen LogP) is 5.22. The molecule has 3 aromatic rings. The predicted molar refractivity (Wildman–Crippen MR) is 121 cm³/mol. The van der Waals surface area contributed by atoms with Gasteiger partial charge in [0, 0.05) is 12.0 Å². The summed E-state index contributed by atoms with van der Waals surface area (Å²) < 4.78 is 11.0. The van der Waals surface area contributed by atoms with Crippen molar-refractivity contribution in [2.75, 3.05) is 24.4 Å². The third-order valence-electron chi connectivity index (χ3n) is 4.82. The summed E-state index contributed by atoms with van der Waals surface area (Å²) in [6.45, 7) is 2.67. The van der Waals surface area contributed by atoms with E-state index in [-0.39, 0.29) is 12.0 Å². The summed E-state index contributed by atoms with van der Waals surface area (Å²) in [6, 6.07) is 7.72. The first-order chi connectivity index (χ1) is 14.6. The van der Waals surface area contributed by atoms with Gasteiger partial charge in [0.25, 0.3) is 0 Å². The number of hydrogen-bond donors (Lipinski definition) is 2. The Morgan fingerprint density at radius 2 is 2.13 bits per heavy atom. The van der Waals surface area contributed by atoms with Crippen LogP contribution in [0.15, 0.2) is 29.6 Å². The van der Waals surface area contributed by atoms with Gasteiger partial charge in [-0.2, -0.15) is 0 Å². The first kappa shape index (κ1) is 20.8. The van der Waals surface area contributed by atoms with E-state index in [4.69, 9.17) is 9.47 Å². The summed E-state index contributed by atoms with van der Waals surface area (Å²) in [7, 11) is 1.64. The van der Waals surface area contributed by atoms with Gasteiger partial charge in [-0.1, -0.05) is 23.5 Å². The summed E-state index contributed by atoms with van der Waals surface area (Å²) in [5, 5.41) is 9.56. The largest absolute Gasteiger partial charge is 0.495 e. The maximum Gasteiger partial charge on any atom is 0.228 e. The maximum atomic E-state index is 12.3. The first-order valence-corrected chi connectivity index (χ1v) is 11.6. The fourth-order valence-corrected chi connectivity index (χ4v) is 5.06. The van der Waals surface area contributed by atoms with E-state index in [2.05, 4.69) is 20.6 Å². The van der Waals surface area contributed by atoms with Crippen molar-refractivity contribution in [3.8, 4) is 16.3 Å². The van der Waals surface area contributed by atoms with Crippen LogP contribution in [0.1, 0.15) is 31.4 Å². The van der Waals surface area contributed by atoms with Gasteiger partial charge in [0.1, 0.15) is 5.75 Å². The zero-order chi connectivity index (χ0) is 20.9. The van der Waals surface area contributed by atoms with E-state index in [1.165, 1.54) is 22.7 Å². The minimum Gasteiger partial charge on any atom is -0.495 e. The van der Waals surface area contributed by atoms with E-state index >= 15 is 0 Å². The summed E-state index contributed by atoms with van der Waals surface area (Å²) in [5.74, 6) is 0.703. The molecule has 2 N–H and O–H groups in total. The van der Waals surface area contributed by atoms with Crippen LogP contribution in [0.25, 0.3) is 10.6 Å². The molecule has 3 heterocycles. The number of para-hydroxylation sites is 2. The number of amides is 1. The number of anilines is 3. The number of carbonyl (C=O) groups excluding carboxylic acids is 1. The highest BCUT2D eigenvalue weighted by atomic mass is 32.1. The number of ether oxygens (including phenoxy) is 2. The van der Waals surface area contributed by atoms with Gasteiger partial charge >= 0.3 is 0 Å². The molecule has 0 unspecified atom stereocenters. The molecule has 7 nitrogen and oxygen atoms in total. The number of rotatable bonds is 7. The van der Waals surface area contributed by atoms with E-state index in [1.54, 1.807) is 7.11 Å². The Kier molecular flexibility index (Phi) is 6.61. The SMILES string of the molecule is COc1ccccc1Nc1nc(-c2sc(NC(=O)C[C@H]3CCCCO3)nc2C)cs1. The number of aromatic nitrogens is 2. The van der Waals surface area contributed by atoms with Crippen LogP contribution in [0, 0.1) is 6.92 Å². The van der Waals surface area contributed by atoms with E-state index < -0.39 is 0 Å². The van der Waals surface area contributed by atoms with Crippen molar-refractivity contribution in [3.05, 3.63) is 35.3 Å². The molecular formula is C21H24N4O3S2. The van der Waals surface area contributed by atoms with Crippen LogP contribution in [0.3, 0.4) is 0 Å². The highest BCUT2D eigenvalue weighted by Gasteiger charge is 2.20. The highest BCUT2D eigenvalue weighted by molar-refractivity contribution is 7.20. The minimum absolute atomic E-state index is 0.0152. The topological polar surface area (TPSA) is 85.4 Å². The number of nitrogens with one attached hydrogen (secondary N) is 2. The molecule has 1 aromatic carbocycles. The van der Waals surface area contributed by atoms with Crippen molar-refractivity contribution in [2.24, 2.45) is 0 Å². The fraction of sp³-hybridized carbons (Fsp3) is 0.381. The normalized spacial score (nSPS) is 16.3. The van der Waals surface area contributed by atoms with Crippen molar-refractivity contribution in [1.29, 1.82) is 0 Å². The molecule has 158 valence electrons. The lowest BCUT2D eigenvalue weighted by Gasteiger charge is -2.21. The monoisotopic (exact) mass is 444 g/mol. The molecule has 0 spiro atoms. The minimum atomic E-state index is -0.0565. The van der Waals surface area contributed by atoms with E-state index in [0.717, 1.165) is 58.7 Å². The Morgan fingerprint density at radius 3 is 2.93 bits per heavy atom. The van der Waals surface area contributed by atoms with E-state index in [1.807, 2.05) is 36.6 Å². The second-order valence-corrected chi connectivity index (χ2v) is 8.89. The van der Waals surface area contributed by atoms with E-state index in [9.17, 15) is 4.79 Å². The average molecular weight is 445 g/mol. The van der Waals surface area contributed by atoms with Crippen LogP contribution in [0.4, 0.5) is 16.0 Å². The van der Waals surface area contributed by atoms with Gasteiger partial charge in [0.05, 0.1) is 41.6 Å². The van der Waals surface area contributed by atoms with Crippen LogP contribution < -0.4 is 15.4 Å². The van der Waals surface area contributed by atoms with Crippen LogP contribution >= 0.6 is 22.7 Å². The third kappa shape index (κ3) is 4.97. The van der Waals surface area contributed by atoms with Crippen molar-refractivity contribution in [3.63, 3.8) is 0 Å². The van der Waals surface area contributed by atoms with Gasteiger partial charge in [-0.15, -0.1) is 11.3 Å². The number of thiazole rings is 2. The van der Waals surface area contributed by atoms with Gasteiger partial charge in [-0.05, 0) is 38.3 Å². The molecule has 4 rings (SSSR count). The van der Waals surface area contributed by atoms with Gasteiger partial charge < -0.3 is 20.1 Å². The third-order valence-corrected chi connectivity index (χ3v) is 6.67. The highest BCUT2D eigenvalue weighted by Crippen LogP contribution is 2.36. The van der Waals surface area contributed by atoms with Gasteiger partial charge in [0.15, 0.2) is 10.3 Å². The number of aryl methyl sites for hydroxylation is 1. The lowest BCUT2D eigenvalue weighted by Crippen LogP contribution is -2.25. The molecule has 1 saturated heterocycles. The fourth-order valence-electron chi connectivity index (χ4n) is 3.33. The summed E-state index contributed by atoms with van der Waals surface area (Å²) in [5.41, 5.74) is 2.54. The van der Waals surface area contributed by atoms with Crippen LogP contribution in [-0.2, 0) is 9.53 Å². The van der Waals surface area contributed by atoms with E-state index in [0.29, 0.717) is 11.6 Å². The zero-order valence-corrected chi connectivity index (χ0v) is 18.6. The Hall–Kier alpha value is -2.49. The summed E-state index contributed by atoms with van der Waals surface area (Å²) >= 11 is 2.95. The van der Waals surface area contributed by atoms with Crippen molar-refractivity contribution < 1.29 is 14.3 Å². The van der Waals surface area contributed by atoms with Crippen molar-refractivity contribution in [2.45, 2.75) is 38.7 Å². The molecule has 0 bridgehead atoms.